The summed E-state index contributed by atoms with van der Waals surface area (Å²) in [5, 5.41) is 14.8. The lowest BCUT2D eigenvalue weighted by atomic mass is 9.93. The van der Waals surface area contributed by atoms with Crippen molar-refractivity contribution in [1.82, 2.24) is 29.5 Å². The summed E-state index contributed by atoms with van der Waals surface area (Å²) in [6.07, 6.45) is 10.9. The molecule has 0 spiro atoms. The van der Waals surface area contributed by atoms with E-state index in [0.717, 1.165) is 84.8 Å². The standard InChI is InChI=1S/C17H18FN3O3.C14H21N3O2S.C13H14N2/c18-13-7-11-14(8-15(13)20-5-3-19-4-6-20)21(10-1-2-10)9-12(16(11)22)17(23)24;1-15-20(18,19)10-11-4-5-14-13(8-11)12(9-16-14)6-7-17(2)3;14-13-9-5-1-3-7-11(9)15-12-8-4-2-6-10(12)13/h7-10,19H,1-6H2,(H,23,24);4-5,8-9,15-16H,6-7,10H2,1-3H3;1,3,5,7H,2,4,6,8H2,(H2,14,15). The SMILES string of the molecule is CNS(=O)(=O)Cc1ccc2[nH]cc(CCN(C)C)c2c1.Nc1c2c(nc3ccccc13)CCCC2.O=C(O)c1cn(C2CC2)c2cc(N3CCNCC3)c(F)cc2c1=O. The van der Waals surface area contributed by atoms with Gasteiger partial charge in [-0.1, -0.05) is 24.3 Å². The number of nitrogen functional groups attached to an aromatic ring is 1. The molecule has 9 rings (SSSR count). The summed E-state index contributed by atoms with van der Waals surface area (Å²) < 4.78 is 42.0. The lowest BCUT2D eigenvalue weighted by Gasteiger charge is -2.30. The molecule has 1 saturated heterocycles. The van der Waals surface area contributed by atoms with Crippen LogP contribution in [0.15, 0.2) is 71.8 Å². The number of nitrogens with one attached hydrogen (secondary N) is 3. The number of carboxylic acid groups (broad SMARTS) is 1. The Labute approximate surface area is 343 Å². The quantitative estimate of drug-likeness (QED) is 0.123. The number of halogens is 1. The first-order chi connectivity index (χ1) is 28.3. The van der Waals surface area contributed by atoms with Crippen LogP contribution in [0.1, 0.15) is 64.5 Å². The zero-order valence-electron chi connectivity index (χ0n) is 33.9. The second-order valence-electron chi connectivity index (χ2n) is 15.8. The van der Waals surface area contributed by atoms with Crippen molar-refractivity contribution in [3.8, 4) is 0 Å². The van der Waals surface area contributed by atoms with E-state index in [0.29, 0.717) is 24.3 Å². The van der Waals surface area contributed by atoms with E-state index >= 15 is 0 Å². The summed E-state index contributed by atoms with van der Waals surface area (Å²) in [5.74, 6) is -1.74. The van der Waals surface area contributed by atoms with Gasteiger partial charge in [0.1, 0.15) is 11.4 Å². The first kappa shape index (κ1) is 41.8. The average molecular weight is 825 g/mol. The Balaban J connectivity index is 0.000000138. The van der Waals surface area contributed by atoms with Gasteiger partial charge in [0.25, 0.3) is 0 Å². The Morgan fingerprint density at radius 3 is 2.49 bits per heavy atom. The van der Waals surface area contributed by atoms with Crippen LogP contribution in [0.3, 0.4) is 0 Å². The fourth-order valence-corrected chi connectivity index (χ4v) is 8.64. The molecular formula is C44H53FN8O5S. The number of hydrogen-bond acceptors (Lipinski definition) is 9. The number of fused-ring (bicyclic) bond motifs is 4. The fourth-order valence-electron chi connectivity index (χ4n) is 7.88. The fraction of sp³-hybridized carbons (Fsp3) is 0.386. The van der Waals surface area contributed by atoms with Crippen molar-refractivity contribution in [2.24, 2.45) is 0 Å². The van der Waals surface area contributed by atoms with Gasteiger partial charge in [0.2, 0.25) is 15.5 Å². The summed E-state index contributed by atoms with van der Waals surface area (Å²) >= 11 is 0. The maximum absolute atomic E-state index is 14.6. The van der Waals surface area contributed by atoms with Gasteiger partial charge in [-0.2, -0.15) is 0 Å². The lowest BCUT2D eigenvalue weighted by Crippen LogP contribution is -2.43. The first-order valence-corrected chi connectivity index (χ1v) is 21.9. The molecule has 0 unspecified atom stereocenters. The van der Waals surface area contributed by atoms with Crippen molar-refractivity contribution in [2.75, 3.05) is 64.5 Å². The molecule has 0 radical (unpaired) electrons. The van der Waals surface area contributed by atoms with Gasteiger partial charge < -0.3 is 35.5 Å². The minimum Gasteiger partial charge on any atom is -0.477 e. The molecule has 312 valence electrons. The Hall–Kier alpha value is -5.35. The number of nitrogens with two attached hydrogens (primary N) is 1. The summed E-state index contributed by atoms with van der Waals surface area (Å²) in [6, 6.07) is 17.0. The Morgan fingerprint density at radius 2 is 1.78 bits per heavy atom. The number of aromatic carboxylic acids is 1. The third-order valence-electron chi connectivity index (χ3n) is 11.3. The Bertz CT molecular complexity index is 2670. The lowest BCUT2D eigenvalue weighted by molar-refractivity contribution is 0.0694. The zero-order valence-corrected chi connectivity index (χ0v) is 34.7. The largest absolute Gasteiger partial charge is 0.477 e. The van der Waals surface area contributed by atoms with Crippen molar-refractivity contribution in [3.63, 3.8) is 0 Å². The molecule has 1 saturated carbocycles. The number of sulfonamides is 1. The van der Waals surface area contributed by atoms with E-state index < -0.39 is 27.2 Å². The summed E-state index contributed by atoms with van der Waals surface area (Å²) in [7, 11) is 2.29. The number of benzene rings is 3. The molecular weight excluding hydrogens is 772 g/mol. The van der Waals surface area contributed by atoms with E-state index in [1.165, 1.54) is 49.0 Å². The molecule has 59 heavy (non-hydrogen) atoms. The van der Waals surface area contributed by atoms with Crippen molar-refractivity contribution in [2.45, 2.75) is 56.7 Å². The van der Waals surface area contributed by atoms with Crippen LogP contribution >= 0.6 is 0 Å². The molecule has 15 heteroatoms. The van der Waals surface area contributed by atoms with E-state index in [-0.39, 0.29) is 22.7 Å². The van der Waals surface area contributed by atoms with Gasteiger partial charge in [-0.25, -0.2) is 22.3 Å². The molecule has 0 amide bonds. The number of likely N-dealkylation sites (N-methyl/N-ethyl adjacent to an activating group) is 1. The Kier molecular flexibility index (Phi) is 12.7. The molecule has 13 nitrogen and oxygen atoms in total. The normalized spacial score (nSPS) is 15.4. The van der Waals surface area contributed by atoms with Crippen LogP contribution in [-0.4, -0.2) is 92.8 Å². The van der Waals surface area contributed by atoms with Crippen molar-refractivity contribution in [3.05, 3.63) is 111 Å². The predicted molar refractivity (Wildman–Crippen MR) is 234 cm³/mol. The molecule has 6 aromatic rings. The van der Waals surface area contributed by atoms with Gasteiger partial charge in [0.15, 0.2) is 0 Å². The number of aromatic amines is 1. The predicted octanol–water partition coefficient (Wildman–Crippen LogP) is 5.60. The smallest absolute Gasteiger partial charge is 0.341 e. The minimum atomic E-state index is -3.23. The number of rotatable bonds is 9. The van der Waals surface area contributed by atoms with Gasteiger partial charge in [0, 0.05) is 84.2 Å². The van der Waals surface area contributed by atoms with Gasteiger partial charge in [-0.05, 0) is 113 Å². The number of H-pyrrole nitrogens is 1. The van der Waals surface area contributed by atoms with E-state index in [4.69, 9.17) is 10.7 Å². The van der Waals surface area contributed by atoms with Crippen LogP contribution in [0.2, 0.25) is 0 Å². The van der Waals surface area contributed by atoms with Crippen LogP contribution in [0, 0.1) is 5.82 Å². The van der Waals surface area contributed by atoms with Crippen LogP contribution < -0.4 is 26.1 Å². The number of pyridine rings is 2. The van der Waals surface area contributed by atoms with Crippen molar-refractivity contribution < 1.29 is 22.7 Å². The van der Waals surface area contributed by atoms with Crippen LogP contribution in [0.4, 0.5) is 15.8 Å². The maximum Gasteiger partial charge on any atom is 0.341 e. The van der Waals surface area contributed by atoms with Gasteiger partial charge in [-0.3, -0.25) is 9.78 Å². The summed E-state index contributed by atoms with van der Waals surface area (Å²) in [5.41, 5.74) is 13.9. The van der Waals surface area contributed by atoms with E-state index in [1.54, 1.807) is 6.07 Å². The average Bonchev–Trinajstić information content (AvgIpc) is 4.00. The molecule has 4 heterocycles. The molecule has 3 aromatic carbocycles. The highest BCUT2D eigenvalue weighted by Gasteiger charge is 2.28. The minimum absolute atomic E-state index is 0.0116. The highest BCUT2D eigenvalue weighted by atomic mass is 32.2. The molecule has 0 atom stereocenters. The second-order valence-corrected chi connectivity index (χ2v) is 17.7. The number of carbonyl (C=O) groups is 1. The van der Waals surface area contributed by atoms with Gasteiger partial charge >= 0.3 is 5.97 Å². The topological polar surface area (TPSA) is 179 Å². The second kappa shape index (κ2) is 17.9. The van der Waals surface area contributed by atoms with Crippen molar-refractivity contribution in [1.29, 1.82) is 0 Å². The zero-order chi connectivity index (χ0) is 41.8. The number of piperazine rings is 1. The van der Waals surface area contributed by atoms with Crippen LogP contribution in [0.25, 0.3) is 32.7 Å². The van der Waals surface area contributed by atoms with Gasteiger partial charge in [0.05, 0.1) is 22.5 Å². The molecule has 3 aromatic heterocycles. The van der Waals surface area contributed by atoms with Crippen LogP contribution in [0.5, 0.6) is 0 Å². The maximum atomic E-state index is 14.6. The molecule has 2 fully saturated rings. The summed E-state index contributed by atoms with van der Waals surface area (Å²) in [6.45, 7) is 3.92. The van der Waals surface area contributed by atoms with E-state index in [9.17, 15) is 27.5 Å². The van der Waals surface area contributed by atoms with Crippen LogP contribution in [-0.2, 0) is 35.0 Å². The monoisotopic (exact) mass is 824 g/mol. The van der Waals surface area contributed by atoms with Crippen molar-refractivity contribution >= 4 is 60.1 Å². The highest BCUT2D eigenvalue weighted by Crippen LogP contribution is 2.38. The van der Waals surface area contributed by atoms with Gasteiger partial charge in [-0.15, -0.1) is 0 Å². The van der Waals surface area contributed by atoms with E-state index in [2.05, 4.69) is 26.0 Å². The molecule has 2 aliphatic carbocycles. The number of hydrogen-bond donors (Lipinski definition) is 5. The number of aryl methyl sites for hydroxylation is 1. The third-order valence-corrected chi connectivity index (χ3v) is 12.6. The molecule has 3 aliphatic rings. The molecule has 6 N–H and O–H groups in total. The number of anilines is 2. The Morgan fingerprint density at radius 1 is 1.03 bits per heavy atom. The number of aromatic nitrogens is 3. The molecule has 0 bridgehead atoms. The first-order valence-electron chi connectivity index (χ1n) is 20.2. The number of para-hydroxylation sites is 1. The number of carboxylic acids is 1. The summed E-state index contributed by atoms with van der Waals surface area (Å²) in [4.78, 5) is 35.8. The third kappa shape index (κ3) is 9.59. The van der Waals surface area contributed by atoms with E-state index in [1.807, 2.05) is 66.2 Å². The highest BCUT2D eigenvalue weighted by molar-refractivity contribution is 7.88. The number of nitrogens with zero attached hydrogens (tertiary/aromatic N) is 4. The molecule has 1 aliphatic heterocycles.